The Morgan fingerprint density at radius 3 is 1.46 bits per heavy atom. The molecule has 8 nitrogen and oxygen atoms in total. The summed E-state index contributed by atoms with van der Waals surface area (Å²) in [6.45, 7) is 1.36. The van der Waals surface area contributed by atoms with E-state index in [1.165, 1.54) is 12.1 Å². The molecule has 2 unspecified atom stereocenters. The smallest absolute Gasteiger partial charge is 0.269 e. The van der Waals surface area contributed by atoms with Gasteiger partial charge in [-0.15, -0.1) is 0 Å². The minimum atomic E-state index is -0.397. The van der Waals surface area contributed by atoms with Gasteiger partial charge in [0.05, 0.1) is 23.1 Å². The van der Waals surface area contributed by atoms with Crippen molar-refractivity contribution in [2.24, 2.45) is 0 Å². The van der Waals surface area contributed by atoms with Gasteiger partial charge >= 0.3 is 0 Å². The van der Waals surface area contributed by atoms with E-state index < -0.39 is 9.85 Å². The van der Waals surface area contributed by atoms with E-state index in [2.05, 4.69) is 0 Å². The molecule has 0 aliphatic carbocycles. The van der Waals surface area contributed by atoms with E-state index in [-0.39, 0.29) is 23.6 Å². The van der Waals surface area contributed by atoms with Gasteiger partial charge in [-0.2, -0.15) is 0 Å². The van der Waals surface area contributed by atoms with Crippen LogP contribution in [0.15, 0.2) is 48.5 Å². The maximum atomic E-state index is 10.4. The van der Waals surface area contributed by atoms with Gasteiger partial charge in [-0.25, -0.2) is 0 Å². The molecule has 2 aliphatic rings. The third-order valence-electron chi connectivity index (χ3n) is 3.57. The fraction of sp³-hybridized carbons (Fsp3) is 0.250. The second kappa shape index (κ2) is 6.73. The standard InChI is InChI=1S/2C8H7NO3/c2*10-9(11)7-3-1-2-6(4-7)8-5-12-8/h2*1-4,8H,5H2. The highest BCUT2D eigenvalue weighted by molar-refractivity contribution is 5.37. The summed E-state index contributed by atoms with van der Waals surface area (Å²) in [5, 5.41) is 20.7. The summed E-state index contributed by atoms with van der Waals surface area (Å²) < 4.78 is 10.0. The molecular formula is C16H14N2O6. The summed E-state index contributed by atoms with van der Waals surface area (Å²) in [7, 11) is 0. The molecule has 0 radical (unpaired) electrons. The molecule has 24 heavy (non-hydrogen) atoms. The third-order valence-corrected chi connectivity index (χ3v) is 3.57. The van der Waals surface area contributed by atoms with Gasteiger partial charge in [0.25, 0.3) is 11.4 Å². The van der Waals surface area contributed by atoms with Crippen LogP contribution in [0.1, 0.15) is 23.3 Å². The zero-order valence-electron chi connectivity index (χ0n) is 12.5. The van der Waals surface area contributed by atoms with Crippen LogP contribution >= 0.6 is 0 Å². The molecule has 0 spiro atoms. The van der Waals surface area contributed by atoms with Crippen LogP contribution in [0.3, 0.4) is 0 Å². The van der Waals surface area contributed by atoms with Crippen LogP contribution in [0, 0.1) is 20.2 Å². The molecule has 2 aromatic carbocycles. The van der Waals surface area contributed by atoms with Crippen LogP contribution in [0.5, 0.6) is 0 Å². The highest BCUT2D eigenvalue weighted by Crippen LogP contribution is 2.32. The van der Waals surface area contributed by atoms with E-state index >= 15 is 0 Å². The largest absolute Gasteiger partial charge is 0.368 e. The maximum Gasteiger partial charge on any atom is 0.269 e. The molecule has 0 N–H and O–H groups in total. The summed E-state index contributed by atoms with van der Waals surface area (Å²) in [6, 6.07) is 13.1. The molecule has 0 aromatic heterocycles. The van der Waals surface area contributed by atoms with Crippen molar-refractivity contribution in [1.29, 1.82) is 0 Å². The molecule has 124 valence electrons. The fourth-order valence-electron chi connectivity index (χ4n) is 2.16. The lowest BCUT2D eigenvalue weighted by molar-refractivity contribution is -0.385. The lowest BCUT2D eigenvalue weighted by Gasteiger charge is -1.94. The topological polar surface area (TPSA) is 111 Å². The van der Waals surface area contributed by atoms with Crippen molar-refractivity contribution < 1.29 is 19.3 Å². The predicted octanol–water partition coefficient (Wildman–Crippen LogP) is 3.33. The van der Waals surface area contributed by atoms with Crippen molar-refractivity contribution in [3.05, 3.63) is 79.9 Å². The number of epoxide rings is 2. The van der Waals surface area contributed by atoms with Crippen molar-refractivity contribution >= 4 is 11.4 Å². The summed E-state index contributed by atoms with van der Waals surface area (Å²) in [4.78, 5) is 19.9. The first-order valence-electron chi connectivity index (χ1n) is 7.26. The number of nitro groups is 2. The Balaban J connectivity index is 0.000000141. The Morgan fingerprint density at radius 2 is 1.17 bits per heavy atom. The van der Waals surface area contributed by atoms with E-state index in [1.807, 2.05) is 12.1 Å². The molecule has 2 fully saturated rings. The van der Waals surface area contributed by atoms with Gasteiger partial charge in [0.15, 0.2) is 0 Å². The number of hydrogen-bond donors (Lipinski definition) is 0. The average molecular weight is 330 g/mol. The molecule has 4 rings (SSSR count). The molecule has 2 saturated heterocycles. The number of nitrogens with zero attached hydrogens (tertiary/aromatic N) is 2. The van der Waals surface area contributed by atoms with Crippen molar-refractivity contribution in [1.82, 2.24) is 0 Å². The van der Waals surface area contributed by atoms with Crippen molar-refractivity contribution in [2.45, 2.75) is 12.2 Å². The van der Waals surface area contributed by atoms with Crippen molar-refractivity contribution in [3.8, 4) is 0 Å². The van der Waals surface area contributed by atoms with Crippen molar-refractivity contribution in [3.63, 3.8) is 0 Å². The Kier molecular flexibility index (Phi) is 4.50. The van der Waals surface area contributed by atoms with Gasteiger partial charge in [0.1, 0.15) is 12.2 Å². The minimum absolute atomic E-state index is 0.0879. The first kappa shape index (κ1) is 16.0. The fourth-order valence-corrected chi connectivity index (χ4v) is 2.16. The second-order valence-electron chi connectivity index (χ2n) is 5.35. The third kappa shape index (κ3) is 4.12. The maximum absolute atomic E-state index is 10.4. The van der Waals surface area contributed by atoms with Crippen LogP contribution in [0.25, 0.3) is 0 Å². The van der Waals surface area contributed by atoms with E-state index in [9.17, 15) is 20.2 Å². The molecular weight excluding hydrogens is 316 g/mol. The first-order valence-corrected chi connectivity index (χ1v) is 7.26. The zero-order chi connectivity index (χ0) is 17.1. The summed E-state index contributed by atoms with van der Waals surface area (Å²) in [5.74, 6) is 0. The number of non-ortho nitro benzene ring substituents is 2. The summed E-state index contributed by atoms with van der Waals surface area (Å²) in [6.07, 6.45) is 0.176. The average Bonchev–Trinajstić information content (AvgIpc) is 3.49. The van der Waals surface area contributed by atoms with Crippen LogP contribution in [-0.2, 0) is 9.47 Å². The van der Waals surface area contributed by atoms with Crippen LogP contribution in [-0.4, -0.2) is 23.1 Å². The van der Waals surface area contributed by atoms with E-state index in [4.69, 9.17) is 9.47 Å². The second-order valence-corrected chi connectivity index (χ2v) is 5.35. The lowest BCUT2D eigenvalue weighted by Crippen LogP contribution is -1.89. The van der Waals surface area contributed by atoms with Crippen LogP contribution in [0.2, 0.25) is 0 Å². The number of benzene rings is 2. The molecule has 0 saturated carbocycles. The lowest BCUT2D eigenvalue weighted by atomic mass is 10.1. The molecule has 2 aromatic rings. The molecule has 2 atom stereocenters. The minimum Gasteiger partial charge on any atom is -0.368 e. The van der Waals surface area contributed by atoms with Gasteiger partial charge in [-0.3, -0.25) is 20.2 Å². The Hall–Kier alpha value is -2.84. The predicted molar refractivity (Wildman–Crippen MR) is 83.6 cm³/mol. The highest BCUT2D eigenvalue weighted by Gasteiger charge is 2.26. The molecule has 2 heterocycles. The zero-order valence-corrected chi connectivity index (χ0v) is 12.5. The first-order chi connectivity index (χ1) is 11.5. The van der Waals surface area contributed by atoms with Crippen molar-refractivity contribution in [2.75, 3.05) is 13.2 Å². The number of ether oxygens (including phenoxy) is 2. The Morgan fingerprint density at radius 1 is 0.792 bits per heavy atom. The van der Waals surface area contributed by atoms with Gasteiger partial charge < -0.3 is 9.47 Å². The SMILES string of the molecule is O=[N+]([O-])c1cccc(C2CO2)c1.O=[N+]([O-])c1cccc(C2CO2)c1. The van der Waals surface area contributed by atoms with E-state index in [0.717, 1.165) is 11.1 Å². The van der Waals surface area contributed by atoms with Crippen LogP contribution in [0.4, 0.5) is 11.4 Å². The monoisotopic (exact) mass is 330 g/mol. The summed E-state index contributed by atoms with van der Waals surface area (Å²) in [5.41, 5.74) is 2.04. The molecule has 2 aliphatic heterocycles. The normalized spacial score (nSPS) is 20.5. The molecule has 0 amide bonds. The summed E-state index contributed by atoms with van der Waals surface area (Å²) >= 11 is 0. The van der Waals surface area contributed by atoms with E-state index in [0.29, 0.717) is 13.2 Å². The van der Waals surface area contributed by atoms with Gasteiger partial charge in [0.2, 0.25) is 0 Å². The highest BCUT2D eigenvalue weighted by atomic mass is 16.6. The quantitative estimate of drug-likeness (QED) is 0.483. The van der Waals surface area contributed by atoms with E-state index in [1.54, 1.807) is 24.3 Å². The number of rotatable bonds is 4. The van der Waals surface area contributed by atoms with Gasteiger partial charge in [-0.05, 0) is 11.1 Å². The number of hydrogen-bond acceptors (Lipinski definition) is 6. The molecule has 8 heteroatoms. The van der Waals surface area contributed by atoms with Gasteiger partial charge in [-0.1, -0.05) is 24.3 Å². The van der Waals surface area contributed by atoms with Gasteiger partial charge in [0, 0.05) is 24.3 Å². The molecule has 0 bridgehead atoms. The number of nitro benzene ring substituents is 2. The van der Waals surface area contributed by atoms with Crippen LogP contribution < -0.4 is 0 Å². The Bertz CT molecular complexity index is 705. The Labute approximate surface area is 136 Å².